The predicted octanol–water partition coefficient (Wildman–Crippen LogP) is 2.20. The minimum absolute atomic E-state index is 0.120. The Balaban J connectivity index is 1.71. The van der Waals surface area contributed by atoms with E-state index in [0.29, 0.717) is 12.2 Å². The summed E-state index contributed by atoms with van der Waals surface area (Å²) in [6.45, 7) is 1.24. The Bertz CT molecular complexity index is 781. The summed E-state index contributed by atoms with van der Waals surface area (Å²) < 4.78 is 24.1. The number of anilines is 1. The molecule has 1 aliphatic rings. The van der Waals surface area contributed by atoms with Gasteiger partial charge in [0, 0.05) is 24.6 Å². The molecule has 6 heteroatoms. The molecule has 0 radical (unpaired) electrons. The van der Waals surface area contributed by atoms with Crippen LogP contribution >= 0.6 is 0 Å². The van der Waals surface area contributed by atoms with Crippen molar-refractivity contribution in [2.24, 2.45) is 0 Å². The zero-order chi connectivity index (χ0) is 18.5. The van der Waals surface area contributed by atoms with Crippen molar-refractivity contribution >= 4 is 11.6 Å². The quantitative estimate of drug-likeness (QED) is 0.831. The molecule has 1 unspecified atom stereocenters. The number of carbonyl (C=O) groups is 1. The van der Waals surface area contributed by atoms with E-state index in [1.807, 2.05) is 18.2 Å². The van der Waals surface area contributed by atoms with Crippen molar-refractivity contribution in [3.63, 3.8) is 0 Å². The van der Waals surface area contributed by atoms with Crippen molar-refractivity contribution in [3.8, 4) is 11.5 Å². The van der Waals surface area contributed by atoms with Gasteiger partial charge in [0.05, 0.1) is 26.3 Å². The normalized spacial score (nSPS) is 19.2. The molecule has 26 heavy (non-hydrogen) atoms. The Hall–Kier alpha value is -2.60. The van der Waals surface area contributed by atoms with Crippen molar-refractivity contribution in [1.82, 2.24) is 0 Å². The molecule has 2 N–H and O–H groups in total. The van der Waals surface area contributed by atoms with E-state index in [1.165, 1.54) is 17.0 Å². The molecule has 0 aliphatic carbocycles. The zero-order valence-electron chi connectivity index (χ0n) is 15.0. The maximum Gasteiger partial charge on any atom is 0.279 e. The van der Waals surface area contributed by atoms with Crippen molar-refractivity contribution in [3.05, 3.63) is 53.8 Å². The summed E-state index contributed by atoms with van der Waals surface area (Å²) in [5.41, 5.74) is 1.56. The van der Waals surface area contributed by atoms with Gasteiger partial charge in [0.2, 0.25) is 0 Å². The molecule has 5 nitrogen and oxygen atoms in total. The number of likely N-dealkylation sites (tertiary alicyclic amines) is 1. The Morgan fingerprint density at radius 3 is 2.81 bits per heavy atom. The highest BCUT2D eigenvalue weighted by molar-refractivity contribution is 5.91. The lowest BCUT2D eigenvalue weighted by atomic mass is 10.0. The Morgan fingerprint density at radius 2 is 2.08 bits per heavy atom. The molecule has 1 saturated heterocycles. The molecule has 3 rings (SSSR count). The number of hydrogen-bond donors (Lipinski definition) is 2. The minimum atomic E-state index is -0.364. The largest absolute Gasteiger partial charge is 0.497 e. The Kier molecular flexibility index (Phi) is 5.73. The second-order valence-corrected chi connectivity index (χ2v) is 6.45. The predicted molar refractivity (Wildman–Crippen MR) is 97.2 cm³/mol. The van der Waals surface area contributed by atoms with Gasteiger partial charge in [-0.1, -0.05) is 6.07 Å². The van der Waals surface area contributed by atoms with Gasteiger partial charge < -0.3 is 19.7 Å². The first-order chi connectivity index (χ1) is 12.6. The molecule has 138 valence electrons. The summed E-state index contributed by atoms with van der Waals surface area (Å²) >= 11 is 0. The number of methoxy groups -OCH3 is 2. The van der Waals surface area contributed by atoms with Gasteiger partial charge in [-0.2, -0.15) is 0 Å². The lowest BCUT2D eigenvalue weighted by molar-refractivity contribution is -0.910. The molecule has 0 saturated carbocycles. The highest BCUT2D eigenvalue weighted by Crippen LogP contribution is 2.31. The summed E-state index contributed by atoms with van der Waals surface area (Å²) in [7, 11) is 3.27. The van der Waals surface area contributed by atoms with Gasteiger partial charge in [-0.15, -0.1) is 0 Å². The number of benzene rings is 2. The maximum absolute atomic E-state index is 13.3. The molecule has 2 aromatic carbocycles. The first-order valence-electron chi connectivity index (χ1n) is 8.72. The van der Waals surface area contributed by atoms with E-state index in [4.69, 9.17) is 9.47 Å². The number of halogens is 1. The van der Waals surface area contributed by atoms with E-state index in [2.05, 4.69) is 5.32 Å². The van der Waals surface area contributed by atoms with Crippen LogP contribution in [-0.2, 0) is 4.79 Å². The van der Waals surface area contributed by atoms with Crippen molar-refractivity contribution in [2.45, 2.75) is 18.9 Å². The number of nitrogens with one attached hydrogen (secondary N) is 2. The molecular weight excluding hydrogens is 335 g/mol. The first-order valence-corrected chi connectivity index (χ1v) is 8.72. The highest BCUT2D eigenvalue weighted by atomic mass is 19.1. The van der Waals surface area contributed by atoms with Gasteiger partial charge >= 0.3 is 0 Å². The molecule has 0 bridgehead atoms. The van der Waals surface area contributed by atoms with Crippen LogP contribution in [0, 0.1) is 5.82 Å². The molecule has 0 spiro atoms. The second kappa shape index (κ2) is 8.19. The third-order valence-corrected chi connectivity index (χ3v) is 4.80. The minimum Gasteiger partial charge on any atom is -0.497 e. The van der Waals surface area contributed by atoms with Crippen LogP contribution in [0.25, 0.3) is 0 Å². The summed E-state index contributed by atoms with van der Waals surface area (Å²) in [6.07, 6.45) is 2.04. The van der Waals surface area contributed by atoms with E-state index in [9.17, 15) is 9.18 Å². The summed E-state index contributed by atoms with van der Waals surface area (Å²) in [4.78, 5) is 13.6. The van der Waals surface area contributed by atoms with Crippen LogP contribution in [0.5, 0.6) is 11.5 Å². The van der Waals surface area contributed by atoms with Gasteiger partial charge in [-0.25, -0.2) is 4.39 Å². The number of hydrogen-bond acceptors (Lipinski definition) is 3. The summed E-state index contributed by atoms with van der Waals surface area (Å²) in [5.74, 6) is 1.04. The van der Waals surface area contributed by atoms with E-state index >= 15 is 0 Å². The summed E-state index contributed by atoms with van der Waals surface area (Å²) in [6, 6.07) is 11.9. The molecular formula is C20H24FN2O3+. The number of quaternary nitrogens is 1. The third-order valence-electron chi connectivity index (χ3n) is 4.80. The van der Waals surface area contributed by atoms with E-state index in [1.54, 1.807) is 26.4 Å². The third kappa shape index (κ3) is 4.14. The molecule has 1 amide bonds. The maximum atomic E-state index is 13.3. The lowest BCUT2D eigenvalue weighted by Gasteiger charge is -2.23. The van der Waals surface area contributed by atoms with Crippen molar-refractivity contribution in [1.29, 1.82) is 0 Å². The van der Waals surface area contributed by atoms with Crippen LogP contribution in [-0.4, -0.2) is 33.2 Å². The van der Waals surface area contributed by atoms with Crippen LogP contribution in [0.3, 0.4) is 0 Å². The fourth-order valence-electron chi connectivity index (χ4n) is 3.58. The van der Waals surface area contributed by atoms with Crippen molar-refractivity contribution < 1.29 is 23.6 Å². The molecule has 1 aliphatic heterocycles. The Labute approximate surface area is 152 Å². The van der Waals surface area contributed by atoms with Crippen molar-refractivity contribution in [2.75, 3.05) is 32.6 Å². The number of ether oxygens (including phenoxy) is 2. The topological polar surface area (TPSA) is 52.0 Å². The fourth-order valence-corrected chi connectivity index (χ4v) is 3.58. The van der Waals surface area contributed by atoms with E-state index in [-0.39, 0.29) is 17.8 Å². The standard InChI is InChI=1S/C20H23FN2O3/c1-25-16-8-9-17(19(12-16)26-2)18-7-4-10-23(18)13-20(24)22-15-6-3-5-14(21)11-15/h3,5-6,8-9,11-12,18H,4,7,10,13H2,1-2H3,(H,22,24)/p+1/t18-/m0/s1. The average molecular weight is 359 g/mol. The monoisotopic (exact) mass is 359 g/mol. The average Bonchev–Trinajstić information content (AvgIpc) is 3.08. The summed E-state index contributed by atoms with van der Waals surface area (Å²) in [5, 5.41) is 2.78. The molecule has 0 aromatic heterocycles. The van der Waals surface area contributed by atoms with Gasteiger partial charge in [0.25, 0.3) is 5.91 Å². The SMILES string of the molecule is COc1ccc([C@@H]2CCC[NH+]2CC(=O)Nc2cccc(F)c2)c(OC)c1. The van der Waals surface area contributed by atoms with Gasteiger partial charge in [0.15, 0.2) is 6.54 Å². The van der Waals surface area contributed by atoms with E-state index < -0.39 is 0 Å². The van der Waals surface area contributed by atoms with Crippen LogP contribution in [0.15, 0.2) is 42.5 Å². The Morgan fingerprint density at radius 1 is 1.23 bits per heavy atom. The molecule has 2 aromatic rings. The number of amides is 1. The fraction of sp³-hybridized carbons (Fsp3) is 0.350. The van der Waals surface area contributed by atoms with Crippen LogP contribution in [0.1, 0.15) is 24.4 Å². The van der Waals surface area contributed by atoms with Crippen LogP contribution in [0.2, 0.25) is 0 Å². The number of rotatable bonds is 6. The number of carbonyl (C=O) groups excluding carboxylic acids is 1. The second-order valence-electron chi connectivity index (χ2n) is 6.45. The zero-order valence-corrected chi connectivity index (χ0v) is 15.0. The lowest BCUT2D eigenvalue weighted by Crippen LogP contribution is -3.11. The molecule has 1 heterocycles. The van der Waals surface area contributed by atoms with Gasteiger partial charge in [-0.05, 0) is 30.3 Å². The first kappa shape index (κ1) is 18.2. The highest BCUT2D eigenvalue weighted by Gasteiger charge is 2.33. The van der Waals surface area contributed by atoms with Gasteiger partial charge in [0.1, 0.15) is 23.4 Å². The molecule has 1 fully saturated rings. The van der Waals surface area contributed by atoms with Crippen LogP contribution in [0.4, 0.5) is 10.1 Å². The van der Waals surface area contributed by atoms with Gasteiger partial charge in [-0.3, -0.25) is 4.79 Å². The van der Waals surface area contributed by atoms with E-state index in [0.717, 1.165) is 36.4 Å². The van der Waals surface area contributed by atoms with Crippen LogP contribution < -0.4 is 19.7 Å². The smallest absolute Gasteiger partial charge is 0.279 e. The molecule has 2 atom stereocenters.